The normalized spacial score (nSPS) is 23.7. The van der Waals surface area contributed by atoms with Crippen molar-refractivity contribution >= 4 is 16.8 Å². The van der Waals surface area contributed by atoms with Crippen LogP contribution >= 0.6 is 0 Å². The second-order valence-corrected chi connectivity index (χ2v) is 15.5. The zero-order chi connectivity index (χ0) is 37.0. The summed E-state index contributed by atoms with van der Waals surface area (Å²) < 4.78 is 30.6. The van der Waals surface area contributed by atoms with Crippen LogP contribution in [-0.4, -0.2) is 63.6 Å². The first-order valence-electron chi connectivity index (χ1n) is 18.2. The highest BCUT2D eigenvalue weighted by Crippen LogP contribution is 2.56. The smallest absolute Gasteiger partial charge is 0.376 e. The van der Waals surface area contributed by atoms with Gasteiger partial charge in [-0.2, -0.15) is 5.10 Å². The van der Waals surface area contributed by atoms with Crippen molar-refractivity contribution in [2.24, 2.45) is 5.92 Å². The lowest BCUT2D eigenvalue weighted by atomic mass is 9.83. The van der Waals surface area contributed by atoms with Gasteiger partial charge in [0.05, 0.1) is 23.0 Å². The molecule has 1 amide bonds. The van der Waals surface area contributed by atoms with Crippen LogP contribution in [0.5, 0.6) is 0 Å². The predicted octanol–water partition coefficient (Wildman–Crippen LogP) is 5.65. The lowest BCUT2D eigenvalue weighted by molar-refractivity contribution is -0.0592. The number of H-pyrrole nitrogens is 2. The topological polar surface area (TPSA) is 149 Å². The van der Waals surface area contributed by atoms with Crippen LogP contribution in [0.25, 0.3) is 22.4 Å². The standard InChI is InChI=1S/C39H41FN8O5/c1-21-16-27(7-8-28(21)40)48-33(46-14-12-41-36(46)50)32-23(3)45(13-10-29(32)43-48)34(49)31-18-26-17-24(25-11-15-52-38(4,5)20-25)6-9-30(26)47(31)39(19-22(39)2)35-42-37(51)53-44-35/h6-9,12,14,16-18,22-23,25H,10-11,13,15,19-20H2,1-5H3,(H,41,50)(H,42,44,51)/t22-,23-,25?,39-/m0/s1. The number of ether oxygens (including phenoxy) is 1. The van der Waals surface area contributed by atoms with Crippen LogP contribution in [0, 0.1) is 18.7 Å². The molecule has 4 aromatic heterocycles. The first kappa shape index (κ1) is 33.3. The minimum atomic E-state index is -0.791. The molecule has 4 atom stereocenters. The van der Waals surface area contributed by atoms with Crippen LogP contribution < -0.4 is 11.4 Å². The molecule has 3 aliphatic rings. The SMILES string of the molecule is Cc1cc(-n2nc3c(c2-n2cc[nH]c2=O)[C@H](C)N(C(=O)c2cc4cc(C5CCOC(C)(C)C5)ccc4n2[C@@]2(c4noc(=O)[nH]4)C[C@@H]2C)CC3)ccc1F. The number of nitrogens with one attached hydrogen (secondary N) is 2. The largest absolute Gasteiger partial charge is 0.438 e. The molecule has 1 unspecified atom stereocenters. The molecule has 1 saturated heterocycles. The quantitative estimate of drug-likeness (QED) is 0.226. The van der Waals surface area contributed by atoms with E-state index in [2.05, 4.69) is 54.1 Å². The molecular formula is C39H41FN8O5. The molecule has 1 saturated carbocycles. The van der Waals surface area contributed by atoms with Crippen molar-refractivity contribution in [3.63, 3.8) is 0 Å². The highest BCUT2D eigenvalue weighted by Gasteiger charge is 2.59. The molecule has 2 aliphatic heterocycles. The molecule has 0 spiro atoms. The van der Waals surface area contributed by atoms with Gasteiger partial charge in [-0.05, 0) is 106 Å². The maximum atomic E-state index is 15.2. The van der Waals surface area contributed by atoms with E-state index in [0.717, 1.165) is 35.0 Å². The van der Waals surface area contributed by atoms with E-state index >= 15 is 4.79 Å². The number of rotatable bonds is 6. The summed E-state index contributed by atoms with van der Waals surface area (Å²) in [5.41, 5.74) is 3.67. The molecular weight excluding hydrogens is 679 g/mol. The number of halogens is 1. The summed E-state index contributed by atoms with van der Waals surface area (Å²) in [5.74, 6) is 0.0445. The number of fused-ring (bicyclic) bond motifs is 2. The lowest BCUT2D eigenvalue weighted by Gasteiger charge is -2.35. The van der Waals surface area contributed by atoms with Gasteiger partial charge in [-0.1, -0.05) is 18.1 Å². The Morgan fingerprint density at radius 2 is 1.89 bits per heavy atom. The van der Waals surface area contributed by atoms with Gasteiger partial charge in [-0.3, -0.25) is 18.9 Å². The molecule has 6 aromatic rings. The zero-order valence-corrected chi connectivity index (χ0v) is 30.3. The van der Waals surface area contributed by atoms with Crippen LogP contribution in [0.4, 0.5) is 4.39 Å². The third-order valence-electron chi connectivity index (χ3n) is 11.7. The summed E-state index contributed by atoms with van der Waals surface area (Å²) in [6, 6.07) is 12.6. The molecule has 13 nitrogen and oxygen atoms in total. The Hall–Kier alpha value is -5.50. The summed E-state index contributed by atoms with van der Waals surface area (Å²) in [5, 5.41) is 10.0. The fourth-order valence-corrected chi connectivity index (χ4v) is 8.90. The number of benzene rings is 2. The van der Waals surface area contributed by atoms with E-state index < -0.39 is 17.3 Å². The summed E-state index contributed by atoms with van der Waals surface area (Å²) in [6.07, 6.45) is 6.07. The van der Waals surface area contributed by atoms with E-state index in [0.29, 0.717) is 60.5 Å². The molecule has 274 valence electrons. The van der Waals surface area contributed by atoms with Crippen molar-refractivity contribution in [1.82, 2.24) is 38.9 Å². The number of carbonyl (C=O) groups is 1. The number of hydrogen-bond donors (Lipinski definition) is 2. The fraction of sp³-hybridized carbons (Fsp3) is 0.410. The highest BCUT2D eigenvalue weighted by atomic mass is 19.1. The van der Waals surface area contributed by atoms with Crippen LogP contribution in [-0.2, 0) is 16.7 Å². The molecule has 9 rings (SSSR count). The van der Waals surface area contributed by atoms with Crippen molar-refractivity contribution < 1.29 is 18.4 Å². The molecule has 2 fully saturated rings. The number of hydrogen-bond acceptors (Lipinski definition) is 7. The van der Waals surface area contributed by atoms with Crippen LogP contribution in [0.2, 0.25) is 0 Å². The third kappa shape index (κ3) is 5.17. The minimum Gasteiger partial charge on any atom is -0.376 e. The second kappa shape index (κ2) is 11.8. The number of aryl methyl sites for hydroxylation is 1. The number of carbonyl (C=O) groups excluding carboxylic acids is 1. The number of nitrogens with zero attached hydrogens (tertiary/aromatic N) is 6. The Kier molecular flexibility index (Phi) is 7.39. The van der Waals surface area contributed by atoms with E-state index in [1.165, 1.54) is 16.2 Å². The zero-order valence-electron chi connectivity index (χ0n) is 30.3. The van der Waals surface area contributed by atoms with Crippen LogP contribution in [0.3, 0.4) is 0 Å². The average molecular weight is 721 g/mol. The maximum absolute atomic E-state index is 15.2. The first-order valence-corrected chi connectivity index (χ1v) is 18.2. The van der Waals surface area contributed by atoms with Crippen molar-refractivity contribution in [1.29, 1.82) is 0 Å². The molecule has 2 N–H and O–H groups in total. The lowest BCUT2D eigenvalue weighted by Crippen LogP contribution is -2.41. The third-order valence-corrected chi connectivity index (χ3v) is 11.7. The average Bonchev–Trinajstić information content (AvgIpc) is 3.64. The van der Waals surface area contributed by atoms with Crippen molar-refractivity contribution in [2.75, 3.05) is 13.2 Å². The van der Waals surface area contributed by atoms with E-state index in [9.17, 15) is 14.0 Å². The summed E-state index contributed by atoms with van der Waals surface area (Å²) in [7, 11) is 0. The van der Waals surface area contributed by atoms with Gasteiger partial charge in [-0.15, -0.1) is 0 Å². The summed E-state index contributed by atoms with van der Waals surface area (Å²) in [4.78, 5) is 47.9. The Morgan fingerprint density at radius 1 is 1.08 bits per heavy atom. The number of aromatic amines is 2. The predicted molar refractivity (Wildman–Crippen MR) is 193 cm³/mol. The number of imidazole rings is 1. The molecule has 14 heteroatoms. The van der Waals surface area contributed by atoms with Gasteiger partial charge in [0.2, 0.25) is 0 Å². The summed E-state index contributed by atoms with van der Waals surface area (Å²) in [6.45, 7) is 11.0. The molecule has 0 bridgehead atoms. The van der Waals surface area contributed by atoms with Gasteiger partial charge in [0.15, 0.2) is 5.82 Å². The molecule has 1 aliphatic carbocycles. The molecule has 53 heavy (non-hydrogen) atoms. The van der Waals surface area contributed by atoms with Gasteiger partial charge in [-0.25, -0.2) is 18.7 Å². The Bertz CT molecular complexity index is 2550. The highest BCUT2D eigenvalue weighted by molar-refractivity contribution is 6.00. The van der Waals surface area contributed by atoms with Crippen molar-refractivity contribution in [2.45, 2.75) is 83.4 Å². The monoisotopic (exact) mass is 720 g/mol. The van der Waals surface area contributed by atoms with E-state index in [4.69, 9.17) is 14.4 Å². The van der Waals surface area contributed by atoms with Crippen LogP contribution in [0.15, 0.2) is 69.0 Å². The van der Waals surface area contributed by atoms with Gasteiger partial charge in [0.1, 0.15) is 22.9 Å². The second-order valence-electron chi connectivity index (χ2n) is 15.5. The van der Waals surface area contributed by atoms with E-state index in [1.54, 1.807) is 36.1 Å². The maximum Gasteiger partial charge on any atom is 0.438 e. The Labute approximate surface area is 303 Å². The molecule has 6 heterocycles. The molecule has 0 radical (unpaired) electrons. The Balaban J connectivity index is 1.18. The van der Waals surface area contributed by atoms with Crippen molar-refractivity contribution in [3.05, 3.63) is 116 Å². The number of aromatic nitrogens is 7. The van der Waals surface area contributed by atoms with Crippen molar-refractivity contribution in [3.8, 4) is 11.5 Å². The van der Waals surface area contributed by atoms with Gasteiger partial charge in [0, 0.05) is 48.4 Å². The van der Waals surface area contributed by atoms with E-state index in [-0.39, 0.29) is 28.9 Å². The molecule has 2 aromatic carbocycles. The number of amides is 1. The summed E-state index contributed by atoms with van der Waals surface area (Å²) >= 11 is 0. The van der Waals surface area contributed by atoms with Gasteiger partial charge in [0.25, 0.3) is 5.91 Å². The van der Waals surface area contributed by atoms with Gasteiger partial charge >= 0.3 is 11.4 Å². The fourth-order valence-electron chi connectivity index (χ4n) is 8.90. The van der Waals surface area contributed by atoms with Crippen LogP contribution in [0.1, 0.15) is 97.6 Å². The first-order chi connectivity index (χ1) is 25.4. The minimum absolute atomic E-state index is 0.0521. The Morgan fingerprint density at radius 3 is 2.57 bits per heavy atom. The van der Waals surface area contributed by atoms with Gasteiger partial charge < -0.3 is 19.2 Å². The van der Waals surface area contributed by atoms with E-state index in [1.807, 2.05) is 22.5 Å².